The number of carbonyl (C=O) groups is 2. The Morgan fingerprint density at radius 3 is 2.45 bits per heavy atom. The van der Waals surface area contributed by atoms with Gasteiger partial charge in [-0.2, -0.15) is 5.10 Å². The molecule has 0 aliphatic rings. The van der Waals surface area contributed by atoms with Crippen molar-refractivity contribution in [3.63, 3.8) is 0 Å². The zero-order valence-corrected chi connectivity index (χ0v) is 19.6. The highest BCUT2D eigenvalue weighted by molar-refractivity contribution is 7.17. The summed E-state index contributed by atoms with van der Waals surface area (Å²) in [6.45, 7) is 6.45. The monoisotopic (exact) mass is 472 g/mol. The second-order valence-electron chi connectivity index (χ2n) is 8.33. The first-order valence-corrected chi connectivity index (χ1v) is 11.0. The predicted molar refractivity (Wildman–Crippen MR) is 125 cm³/mol. The van der Waals surface area contributed by atoms with E-state index >= 15 is 0 Å². The van der Waals surface area contributed by atoms with Crippen LogP contribution >= 0.6 is 11.3 Å². The standard InChI is InChI=1S/C23H25FN4O4S/c1-15(29)19-9-10-20(33-19)17-5-7-18(8-6-17)27-14-26-28(22(27)31)13-16(11-24)12-25-21(30)32-23(2,3)4/h5-11,14H,12-13H2,1-4H3,(H,25,30). The lowest BCUT2D eigenvalue weighted by atomic mass is 10.1. The van der Waals surface area contributed by atoms with Crippen LogP contribution in [0.5, 0.6) is 0 Å². The minimum Gasteiger partial charge on any atom is -0.444 e. The molecule has 1 amide bonds. The maximum absolute atomic E-state index is 13.3. The van der Waals surface area contributed by atoms with E-state index in [9.17, 15) is 18.8 Å². The molecule has 3 aromatic rings. The van der Waals surface area contributed by atoms with Gasteiger partial charge < -0.3 is 10.1 Å². The van der Waals surface area contributed by atoms with Gasteiger partial charge in [0.2, 0.25) is 0 Å². The molecule has 0 saturated carbocycles. The summed E-state index contributed by atoms with van der Waals surface area (Å²) < 4.78 is 20.9. The third-order valence-corrected chi connectivity index (χ3v) is 5.72. The summed E-state index contributed by atoms with van der Waals surface area (Å²) in [5, 5.41) is 6.51. The summed E-state index contributed by atoms with van der Waals surface area (Å²) in [5.74, 6) is 0.0184. The van der Waals surface area contributed by atoms with Crippen LogP contribution in [-0.4, -0.2) is 38.4 Å². The van der Waals surface area contributed by atoms with Crippen molar-refractivity contribution in [3.8, 4) is 16.1 Å². The molecular formula is C23H25FN4O4S. The number of carbonyl (C=O) groups excluding carboxylic acids is 2. The quantitative estimate of drug-likeness (QED) is 0.516. The number of rotatable bonds is 7. The summed E-state index contributed by atoms with van der Waals surface area (Å²) >= 11 is 1.41. The summed E-state index contributed by atoms with van der Waals surface area (Å²) in [6.07, 6.45) is 1.02. The molecule has 2 heterocycles. The largest absolute Gasteiger partial charge is 0.444 e. The van der Waals surface area contributed by atoms with Crippen LogP contribution in [0.4, 0.5) is 9.18 Å². The molecule has 0 aliphatic carbocycles. The number of amides is 1. The average Bonchev–Trinajstić information content (AvgIpc) is 3.38. The summed E-state index contributed by atoms with van der Waals surface area (Å²) in [5.41, 5.74) is 0.550. The van der Waals surface area contributed by atoms with E-state index in [1.54, 1.807) is 39.0 Å². The Bertz CT molecular complexity index is 1230. The number of ketones is 1. The molecule has 0 atom stereocenters. The zero-order valence-electron chi connectivity index (χ0n) is 18.8. The molecule has 0 unspecified atom stereocenters. The number of nitrogens with zero attached hydrogens (tertiary/aromatic N) is 3. The number of aromatic nitrogens is 3. The van der Waals surface area contributed by atoms with Gasteiger partial charge >= 0.3 is 11.8 Å². The van der Waals surface area contributed by atoms with Gasteiger partial charge in [0.05, 0.1) is 23.4 Å². The molecule has 0 spiro atoms. The van der Waals surface area contributed by atoms with Crippen LogP contribution < -0.4 is 11.0 Å². The lowest BCUT2D eigenvalue weighted by Gasteiger charge is -2.19. The molecular weight excluding hydrogens is 447 g/mol. The van der Waals surface area contributed by atoms with Crippen molar-refractivity contribution in [2.75, 3.05) is 6.54 Å². The van der Waals surface area contributed by atoms with Crippen LogP contribution in [0.15, 0.2) is 59.4 Å². The number of hydrogen-bond acceptors (Lipinski definition) is 6. The first kappa shape index (κ1) is 24.1. The summed E-state index contributed by atoms with van der Waals surface area (Å²) in [4.78, 5) is 37.6. The number of benzene rings is 1. The SMILES string of the molecule is CC(=O)c1ccc(-c2ccc(-n3cnn(CC(=CF)CNC(=O)OC(C)(C)C)c3=O)cc2)s1. The molecule has 0 fully saturated rings. The average molecular weight is 473 g/mol. The molecule has 0 aliphatic heterocycles. The first-order chi connectivity index (χ1) is 15.6. The molecule has 0 radical (unpaired) electrons. The maximum atomic E-state index is 13.3. The molecule has 3 rings (SSSR count). The molecule has 1 aromatic carbocycles. The van der Waals surface area contributed by atoms with Crippen LogP contribution in [-0.2, 0) is 11.3 Å². The number of Topliss-reactive ketones (excluding diaryl/α,β-unsaturated/α-hetero) is 1. The van der Waals surface area contributed by atoms with Crippen LogP contribution in [0.3, 0.4) is 0 Å². The molecule has 33 heavy (non-hydrogen) atoms. The number of nitrogens with one attached hydrogen (secondary N) is 1. The van der Waals surface area contributed by atoms with E-state index in [-0.39, 0.29) is 24.4 Å². The van der Waals surface area contributed by atoms with Gasteiger partial charge in [-0.1, -0.05) is 12.1 Å². The Kier molecular flexibility index (Phi) is 7.27. The lowest BCUT2D eigenvalue weighted by Crippen LogP contribution is -2.34. The van der Waals surface area contributed by atoms with Crippen molar-refractivity contribution in [1.82, 2.24) is 19.7 Å². The van der Waals surface area contributed by atoms with Crippen LogP contribution in [0, 0.1) is 0 Å². The minimum atomic E-state index is -0.680. The molecule has 2 aromatic heterocycles. The highest BCUT2D eigenvalue weighted by Crippen LogP contribution is 2.28. The molecule has 0 bridgehead atoms. The van der Waals surface area contributed by atoms with Gasteiger partial charge in [-0.25, -0.2) is 23.2 Å². The Hall–Kier alpha value is -3.53. The number of thiophene rings is 1. The Morgan fingerprint density at radius 2 is 1.88 bits per heavy atom. The van der Waals surface area contributed by atoms with Crippen molar-refractivity contribution in [3.05, 3.63) is 70.0 Å². The maximum Gasteiger partial charge on any atom is 0.407 e. The smallest absolute Gasteiger partial charge is 0.407 e. The second kappa shape index (κ2) is 9.95. The van der Waals surface area contributed by atoms with E-state index in [0.29, 0.717) is 16.9 Å². The van der Waals surface area contributed by atoms with Crippen molar-refractivity contribution in [2.45, 2.75) is 39.8 Å². The van der Waals surface area contributed by atoms with Gasteiger partial charge in [-0.15, -0.1) is 11.3 Å². The normalized spacial score (nSPS) is 12.0. The van der Waals surface area contributed by atoms with Crippen molar-refractivity contribution in [1.29, 1.82) is 0 Å². The fourth-order valence-electron chi connectivity index (χ4n) is 2.91. The van der Waals surface area contributed by atoms with Crippen LogP contribution in [0.1, 0.15) is 37.4 Å². The highest BCUT2D eigenvalue weighted by Gasteiger charge is 2.17. The highest BCUT2D eigenvalue weighted by atomic mass is 32.1. The molecule has 0 saturated heterocycles. The minimum absolute atomic E-state index is 0.0184. The Balaban J connectivity index is 1.69. The molecule has 174 valence electrons. The van der Waals surface area contributed by atoms with E-state index in [1.165, 1.54) is 29.2 Å². The number of alkyl carbamates (subject to hydrolysis) is 1. The molecule has 1 N–H and O–H groups in total. The Morgan fingerprint density at radius 1 is 1.18 bits per heavy atom. The first-order valence-electron chi connectivity index (χ1n) is 10.2. The third-order valence-electron chi connectivity index (χ3n) is 4.48. The van der Waals surface area contributed by atoms with Crippen LogP contribution in [0.25, 0.3) is 16.1 Å². The van der Waals surface area contributed by atoms with E-state index in [1.807, 2.05) is 18.2 Å². The van der Waals surface area contributed by atoms with E-state index in [4.69, 9.17) is 4.74 Å². The molecule has 10 heteroatoms. The fraction of sp³-hybridized carbons (Fsp3) is 0.304. The molecule has 8 nitrogen and oxygen atoms in total. The van der Waals surface area contributed by atoms with Gasteiger partial charge in [0, 0.05) is 11.4 Å². The van der Waals surface area contributed by atoms with Gasteiger partial charge in [-0.05, 0) is 63.1 Å². The van der Waals surface area contributed by atoms with E-state index < -0.39 is 17.4 Å². The van der Waals surface area contributed by atoms with Gasteiger partial charge in [0.1, 0.15) is 11.9 Å². The number of halogens is 1. The second-order valence-corrected chi connectivity index (χ2v) is 9.41. The van der Waals surface area contributed by atoms with Gasteiger partial charge in [0.25, 0.3) is 0 Å². The lowest BCUT2D eigenvalue weighted by molar-refractivity contribution is 0.0531. The van der Waals surface area contributed by atoms with Gasteiger partial charge in [-0.3, -0.25) is 4.79 Å². The fourth-order valence-corrected chi connectivity index (χ4v) is 3.82. The van der Waals surface area contributed by atoms with E-state index in [0.717, 1.165) is 15.1 Å². The predicted octanol–water partition coefficient (Wildman–Crippen LogP) is 4.34. The summed E-state index contributed by atoms with van der Waals surface area (Å²) in [7, 11) is 0. The number of hydrogen-bond donors (Lipinski definition) is 1. The van der Waals surface area contributed by atoms with Crippen molar-refractivity contribution < 1.29 is 18.7 Å². The van der Waals surface area contributed by atoms with Crippen molar-refractivity contribution >= 4 is 23.2 Å². The van der Waals surface area contributed by atoms with Gasteiger partial charge in [0.15, 0.2) is 5.78 Å². The number of ether oxygens (including phenoxy) is 1. The third kappa shape index (κ3) is 6.26. The Labute approximate surface area is 194 Å². The van der Waals surface area contributed by atoms with Crippen molar-refractivity contribution in [2.24, 2.45) is 0 Å². The zero-order chi connectivity index (χ0) is 24.2. The van der Waals surface area contributed by atoms with Crippen LogP contribution in [0.2, 0.25) is 0 Å². The van der Waals surface area contributed by atoms with E-state index in [2.05, 4.69) is 10.4 Å². The topological polar surface area (TPSA) is 95.2 Å². The summed E-state index contributed by atoms with van der Waals surface area (Å²) in [6, 6.07) is 10.9.